The zero-order valence-electron chi connectivity index (χ0n) is 12.9. The van der Waals surface area contributed by atoms with E-state index in [2.05, 4.69) is 37.6 Å². The Balaban J connectivity index is 2.31. The summed E-state index contributed by atoms with van der Waals surface area (Å²) < 4.78 is 0. The number of aromatic nitrogens is 2. The maximum atomic E-state index is 6.13. The zero-order valence-corrected chi connectivity index (χ0v) is 13.7. The Kier molecular flexibility index (Phi) is 4.94. The molecule has 2 heterocycles. The molecule has 0 bridgehead atoms. The average Bonchev–Trinajstić information content (AvgIpc) is 2.66. The van der Waals surface area contributed by atoms with Crippen molar-refractivity contribution >= 4 is 27.4 Å². The van der Waals surface area contributed by atoms with Gasteiger partial charge in [-0.15, -0.1) is 11.3 Å². The number of thiophene rings is 1. The van der Waals surface area contributed by atoms with Crippen LogP contribution in [0, 0.1) is 13.8 Å². The molecule has 0 spiro atoms. The van der Waals surface area contributed by atoms with Crippen molar-refractivity contribution in [1.82, 2.24) is 14.9 Å². The highest BCUT2D eigenvalue weighted by atomic mass is 32.1. The number of rotatable bonds is 6. The molecular weight excluding hydrogens is 268 g/mol. The summed E-state index contributed by atoms with van der Waals surface area (Å²) in [6, 6.07) is 0. The Morgan fingerprint density at radius 2 is 1.75 bits per heavy atom. The molecule has 0 saturated heterocycles. The third-order valence-electron chi connectivity index (χ3n) is 3.55. The Bertz CT molecular complexity index is 585. The van der Waals surface area contributed by atoms with E-state index in [0.717, 1.165) is 48.5 Å². The number of hydrogen-bond acceptors (Lipinski definition) is 5. The summed E-state index contributed by atoms with van der Waals surface area (Å²) >= 11 is 1.71. The van der Waals surface area contributed by atoms with Crippen molar-refractivity contribution in [2.24, 2.45) is 0 Å². The molecule has 0 aliphatic rings. The van der Waals surface area contributed by atoms with E-state index in [-0.39, 0.29) is 0 Å². The van der Waals surface area contributed by atoms with Gasteiger partial charge >= 0.3 is 0 Å². The van der Waals surface area contributed by atoms with Crippen LogP contribution in [0.1, 0.15) is 43.0 Å². The highest BCUT2D eigenvalue weighted by molar-refractivity contribution is 7.18. The molecule has 110 valence electrons. The van der Waals surface area contributed by atoms with Crippen LogP contribution in [0.2, 0.25) is 0 Å². The van der Waals surface area contributed by atoms with E-state index in [4.69, 9.17) is 10.7 Å². The van der Waals surface area contributed by atoms with E-state index in [9.17, 15) is 0 Å². The van der Waals surface area contributed by atoms with E-state index >= 15 is 0 Å². The molecule has 0 saturated carbocycles. The van der Waals surface area contributed by atoms with Crippen molar-refractivity contribution in [2.75, 3.05) is 18.8 Å². The SMILES string of the molecule is CCCN(CCC)Cc1nc(N)c2c(C)c(C)sc2n1. The van der Waals surface area contributed by atoms with Gasteiger partial charge < -0.3 is 5.73 Å². The van der Waals surface area contributed by atoms with Crippen molar-refractivity contribution in [2.45, 2.75) is 47.1 Å². The van der Waals surface area contributed by atoms with Gasteiger partial charge in [0.25, 0.3) is 0 Å². The van der Waals surface area contributed by atoms with E-state index in [1.807, 2.05) is 0 Å². The van der Waals surface area contributed by atoms with Gasteiger partial charge in [-0.3, -0.25) is 4.90 Å². The Morgan fingerprint density at radius 3 is 2.35 bits per heavy atom. The largest absolute Gasteiger partial charge is 0.383 e. The Hall–Kier alpha value is -1.20. The molecule has 2 N–H and O–H groups in total. The Labute approximate surface area is 125 Å². The summed E-state index contributed by atoms with van der Waals surface area (Å²) in [6.07, 6.45) is 2.30. The fourth-order valence-corrected chi connectivity index (χ4v) is 3.56. The van der Waals surface area contributed by atoms with Gasteiger partial charge in [0.05, 0.1) is 11.9 Å². The van der Waals surface area contributed by atoms with E-state index < -0.39 is 0 Å². The maximum Gasteiger partial charge on any atom is 0.146 e. The predicted octanol–water partition coefficient (Wildman–Crippen LogP) is 3.51. The minimum absolute atomic E-state index is 0.625. The normalized spacial score (nSPS) is 11.7. The molecule has 2 rings (SSSR count). The first-order valence-electron chi connectivity index (χ1n) is 7.31. The van der Waals surface area contributed by atoms with Gasteiger partial charge in [-0.05, 0) is 45.3 Å². The molecule has 0 aliphatic carbocycles. The summed E-state index contributed by atoms with van der Waals surface area (Å²) in [6.45, 7) is 11.6. The highest BCUT2D eigenvalue weighted by Gasteiger charge is 2.14. The third-order valence-corrected chi connectivity index (χ3v) is 4.65. The summed E-state index contributed by atoms with van der Waals surface area (Å²) in [5, 5.41) is 1.04. The second-order valence-corrected chi connectivity index (χ2v) is 6.47. The van der Waals surface area contributed by atoms with Gasteiger partial charge in [-0.25, -0.2) is 9.97 Å². The van der Waals surface area contributed by atoms with Crippen LogP contribution in [-0.2, 0) is 6.54 Å². The number of nitrogen functional groups attached to an aromatic ring is 1. The molecule has 4 nitrogen and oxygen atoms in total. The van der Waals surface area contributed by atoms with Crippen LogP contribution in [0.3, 0.4) is 0 Å². The fourth-order valence-electron chi connectivity index (χ4n) is 2.50. The van der Waals surface area contributed by atoms with Crippen LogP contribution in [0.5, 0.6) is 0 Å². The Morgan fingerprint density at radius 1 is 1.10 bits per heavy atom. The molecule has 0 fully saturated rings. The lowest BCUT2D eigenvalue weighted by Gasteiger charge is -2.19. The summed E-state index contributed by atoms with van der Waals surface area (Å²) in [4.78, 5) is 13.9. The van der Waals surface area contributed by atoms with Crippen LogP contribution < -0.4 is 5.73 Å². The van der Waals surface area contributed by atoms with Gasteiger partial charge in [0.2, 0.25) is 0 Å². The molecule has 2 aromatic heterocycles. The van der Waals surface area contributed by atoms with Crippen molar-refractivity contribution < 1.29 is 0 Å². The molecule has 0 aromatic carbocycles. The number of nitrogens with zero attached hydrogens (tertiary/aromatic N) is 3. The summed E-state index contributed by atoms with van der Waals surface area (Å²) in [5.74, 6) is 1.47. The molecule has 0 radical (unpaired) electrons. The van der Waals surface area contributed by atoms with E-state index in [1.54, 1.807) is 11.3 Å². The lowest BCUT2D eigenvalue weighted by Crippen LogP contribution is -2.26. The second kappa shape index (κ2) is 6.50. The lowest BCUT2D eigenvalue weighted by molar-refractivity contribution is 0.260. The predicted molar refractivity (Wildman–Crippen MR) is 87.2 cm³/mol. The average molecular weight is 292 g/mol. The number of aryl methyl sites for hydroxylation is 2. The van der Waals surface area contributed by atoms with Gasteiger partial charge in [0.15, 0.2) is 0 Å². The first-order chi connectivity index (χ1) is 9.56. The van der Waals surface area contributed by atoms with Crippen molar-refractivity contribution in [3.63, 3.8) is 0 Å². The summed E-state index contributed by atoms with van der Waals surface area (Å²) in [5.41, 5.74) is 7.35. The standard InChI is InChI=1S/C15H24N4S/c1-5-7-19(8-6-2)9-12-17-14(16)13-10(3)11(4)20-15(13)18-12/h5-9H2,1-4H3,(H2,16,17,18). The van der Waals surface area contributed by atoms with Gasteiger partial charge in [0.1, 0.15) is 16.5 Å². The third kappa shape index (κ3) is 3.10. The molecule has 0 unspecified atom stereocenters. The van der Waals surface area contributed by atoms with Crippen molar-refractivity contribution in [3.05, 3.63) is 16.3 Å². The smallest absolute Gasteiger partial charge is 0.146 e. The monoisotopic (exact) mass is 292 g/mol. The number of hydrogen-bond donors (Lipinski definition) is 1. The summed E-state index contributed by atoms with van der Waals surface area (Å²) in [7, 11) is 0. The van der Waals surface area contributed by atoms with Crippen LogP contribution >= 0.6 is 11.3 Å². The fraction of sp³-hybridized carbons (Fsp3) is 0.600. The van der Waals surface area contributed by atoms with E-state index in [1.165, 1.54) is 10.4 Å². The van der Waals surface area contributed by atoms with Crippen LogP contribution in [0.4, 0.5) is 5.82 Å². The van der Waals surface area contributed by atoms with Crippen LogP contribution in [-0.4, -0.2) is 28.0 Å². The van der Waals surface area contributed by atoms with Crippen LogP contribution in [0.25, 0.3) is 10.2 Å². The molecule has 0 atom stereocenters. The molecule has 20 heavy (non-hydrogen) atoms. The van der Waals surface area contributed by atoms with Crippen molar-refractivity contribution in [3.8, 4) is 0 Å². The maximum absolute atomic E-state index is 6.13. The molecule has 2 aromatic rings. The topological polar surface area (TPSA) is 55.0 Å². The first kappa shape index (κ1) is 15.2. The second-order valence-electron chi connectivity index (χ2n) is 5.26. The van der Waals surface area contributed by atoms with Crippen molar-refractivity contribution in [1.29, 1.82) is 0 Å². The molecular formula is C15H24N4S. The number of nitrogens with two attached hydrogens (primary N) is 1. The zero-order chi connectivity index (χ0) is 14.7. The number of fused-ring (bicyclic) bond motifs is 1. The van der Waals surface area contributed by atoms with Gasteiger partial charge in [0, 0.05) is 4.88 Å². The first-order valence-corrected chi connectivity index (χ1v) is 8.12. The highest BCUT2D eigenvalue weighted by Crippen LogP contribution is 2.31. The lowest BCUT2D eigenvalue weighted by atomic mass is 10.2. The van der Waals surface area contributed by atoms with Gasteiger partial charge in [-0.2, -0.15) is 0 Å². The molecule has 0 aliphatic heterocycles. The quantitative estimate of drug-likeness (QED) is 0.885. The molecule has 0 amide bonds. The minimum Gasteiger partial charge on any atom is -0.383 e. The number of anilines is 1. The minimum atomic E-state index is 0.625. The molecule has 5 heteroatoms. The van der Waals surface area contributed by atoms with E-state index in [0.29, 0.717) is 5.82 Å². The van der Waals surface area contributed by atoms with Gasteiger partial charge in [-0.1, -0.05) is 13.8 Å². The van der Waals surface area contributed by atoms with Crippen LogP contribution in [0.15, 0.2) is 0 Å².